The number of fused-ring (bicyclic) bond motifs is 1. The second-order valence-corrected chi connectivity index (χ2v) is 7.18. The summed E-state index contributed by atoms with van der Waals surface area (Å²) < 4.78 is 5.93. The molecular weight excluding hydrogens is 356 g/mol. The summed E-state index contributed by atoms with van der Waals surface area (Å²) in [6.45, 7) is 1.97. The van der Waals surface area contributed by atoms with Crippen LogP contribution in [0.1, 0.15) is 12.5 Å². The molecule has 1 saturated heterocycles. The van der Waals surface area contributed by atoms with Gasteiger partial charge in [-0.1, -0.05) is 42.5 Å². The van der Waals surface area contributed by atoms with Crippen LogP contribution < -0.4 is 10.1 Å². The monoisotopic (exact) mass is 376 g/mol. The highest BCUT2D eigenvalue weighted by atomic mass is 16.5. The van der Waals surface area contributed by atoms with Crippen LogP contribution in [0.4, 0.5) is 4.79 Å². The Bertz CT molecular complexity index is 1050. The summed E-state index contributed by atoms with van der Waals surface area (Å²) >= 11 is 0. The highest BCUT2D eigenvalue weighted by Gasteiger charge is 2.44. The van der Waals surface area contributed by atoms with Gasteiger partial charge in [-0.25, -0.2) is 9.59 Å². The maximum absolute atomic E-state index is 12.0. The first-order valence-electron chi connectivity index (χ1n) is 8.99. The first kappa shape index (κ1) is 17.9. The van der Waals surface area contributed by atoms with Gasteiger partial charge in [-0.05, 0) is 47.5 Å². The number of amides is 2. The van der Waals surface area contributed by atoms with Crippen molar-refractivity contribution in [3.8, 4) is 11.5 Å². The van der Waals surface area contributed by atoms with Crippen molar-refractivity contribution >= 4 is 22.8 Å². The van der Waals surface area contributed by atoms with Gasteiger partial charge in [0.2, 0.25) is 0 Å². The minimum Gasteiger partial charge on any atom is -0.479 e. The van der Waals surface area contributed by atoms with Gasteiger partial charge in [-0.2, -0.15) is 0 Å². The summed E-state index contributed by atoms with van der Waals surface area (Å²) in [7, 11) is 0. The first-order chi connectivity index (χ1) is 13.4. The Morgan fingerprint density at radius 3 is 2.43 bits per heavy atom. The Labute approximate surface area is 162 Å². The molecule has 1 atom stereocenters. The molecule has 0 saturated carbocycles. The van der Waals surface area contributed by atoms with E-state index in [0.717, 1.165) is 22.1 Å². The summed E-state index contributed by atoms with van der Waals surface area (Å²) in [4.78, 5) is 24.8. The van der Waals surface area contributed by atoms with Crippen molar-refractivity contribution < 1.29 is 19.4 Å². The highest BCUT2D eigenvalue weighted by molar-refractivity contribution is 5.90. The van der Waals surface area contributed by atoms with E-state index in [1.165, 1.54) is 11.8 Å². The average molecular weight is 376 g/mol. The van der Waals surface area contributed by atoms with Crippen LogP contribution in [0.2, 0.25) is 0 Å². The Hall–Kier alpha value is -3.54. The van der Waals surface area contributed by atoms with Crippen LogP contribution in [0.3, 0.4) is 0 Å². The number of rotatable bonds is 5. The van der Waals surface area contributed by atoms with Crippen molar-refractivity contribution in [1.82, 2.24) is 10.2 Å². The van der Waals surface area contributed by atoms with Gasteiger partial charge in [-0.15, -0.1) is 0 Å². The molecule has 0 aliphatic carbocycles. The Balaban J connectivity index is 1.44. The van der Waals surface area contributed by atoms with Crippen LogP contribution in [0.25, 0.3) is 10.8 Å². The summed E-state index contributed by atoms with van der Waals surface area (Å²) in [5.41, 5.74) is -0.355. The molecule has 142 valence electrons. The average Bonchev–Trinajstić information content (AvgIpc) is 2.98. The molecule has 1 fully saturated rings. The van der Waals surface area contributed by atoms with Crippen LogP contribution >= 0.6 is 0 Å². The van der Waals surface area contributed by atoms with Gasteiger partial charge < -0.3 is 20.1 Å². The standard InChI is InChI=1S/C22H20N2O4/c1-22(20(25)26)14-24(21(27)23-22)13-15-6-9-18(10-7-15)28-19-11-8-16-4-2-3-5-17(16)12-19/h2-12H,13-14H2,1H3,(H,23,27)(H,25,26)/t22-/m1/s1. The van der Waals surface area contributed by atoms with E-state index in [0.29, 0.717) is 12.3 Å². The molecule has 28 heavy (non-hydrogen) atoms. The van der Waals surface area contributed by atoms with Gasteiger partial charge in [0.1, 0.15) is 11.5 Å². The van der Waals surface area contributed by atoms with Crippen molar-refractivity contribution in [1.29, 1.82) is 0 Å². The quantitative estimate of drug-likeness (QED) is 0.705. The third-order valence-electron chi connectivity index (χ3n) is 4.90. The number of nitrogens with one attached hydrogen (secondary N) is 1. The predicted octanol–water partition coefficient (Wildman–Crippen LogP) is 4.00. The van der Waals surface area contributed by atoms with Crippen LogP contribution in [0.5, 0.6) is 11.5 Å². The third-order valence-corrected chi connectivity index (χ3v) is 4.90. The van der Waals surface area contributed by atoms with Gasteiger partial charge in [0.15, 0.2) is 5.54 Å². The molecule has 6 nitrogen and oxygen atoms in total. The molecule has 0 aromatic heterocycles. The van der Waals surface area contributed by atoms with Crippen molar-refractivity contribution in [3.63, 3.8) is 0 Å². The molecule has 3 aromatic rings. The van der Waals surface area contributed by atoms with E-state index in [4.69, 9.17) is 4.74 Å². The lowest BCUT2D eigenvalue weighted by atomic mass is 10.0. The summed E-state index contributed by atoms with van der Waals surface area (Å²) in [5, 5.41) is 14.0. The number of benzene rings is 3. The number of ether oxygens (including phenoxy) is 1. The van der Waals surface area contributed by atoms with E-state index in [-0.39, 0.29) is 12.6 Å². The molecule has 0 spiro atoms. The van der Waals surface area contributed by atoms with Crippen molar-refractivity contribution in [2.24, 2.45) is 0 Å². The second kappa shape index (κ2) is 6.88. The van der Waals surface area contributed by atoms with Crippen LogP contribution in [-0.4, -0.2) is 34.1 Å². The molecule has 4 rings (SSSR count). The molecule has 1 aliphatic heterocycles. The third kappa shape index (κ3) is 3.49. The fraction of sp³-hybridized carbons (Fsp3) is 0.182. The maximum atomic E-state index is 12.0. The Kier molecular flexibility index (Phi) is 4.39. The van der Waals surface area contributed by atoms with Crippen molar-refractivity contribution in [2.45, 2.75) is 19.0 Å². The normalized spacial score (nSPS) is 18.9. The number of carboxylic acid groups (broad SMARTS) is 1. The van der Waals surface area contributed by atoms with E-state index >= 15 is 0 Å². The SMILES string of the molecule is C[C@]1(C(=O)O)CN(Cc2ccc(Oc3ccc4ccccc4c3)cc2)C(=O)N1. The zero-order chi connectivity index (χ0) is 19.7. The number of carbonyl (C=O) groups is 2. The van der Waals surface area contributed by atoms with E-state index in [1.807, 2.05) is 60.7 Å². The largest absolute Gasteiger partial charge is 0.479 e. The number of hydrogen-bond acceptors (Lipinski definition) is 3. The minimum atomic E-state index is -1.25. The fourth-order valence-electron chi connectivity index (χ4n) is 3.31. The zero-order valence-corrected chi connectivity index (χ0v) is 15.4. The van der Waals surface area contributed by atoms with Gasteiger partial charge >= 0.3 is 12.0 Å². The predicted molar refractivity (Wildman–Crippen MR) is 105 cm³/mol. The zero-order valence-electron chi connectivity index (χ0n) is 15.4. The van der Waals surface area contributed by atoms with Crippen LogP contribution in [0, 0.1) is 0 Å². The highest BCUT2D eigenvalue weighted by Crippen LogP contribution is 2.26. The molecule has 6 heteroatoms. The van der Waals surface area contributed by atoms with Crippen molar-refractivity contribution in [3.05, 3.63) is 72.3 Å². The lowest BCUT2D eigenvalue weighted by molar-refractivity contribution is -0.143. The molecule has 0 bridgehead atoms. The molecule has 0 radical (unpaired) electrons. The molecule has 2 N–H and O–H groups in total. The molecule has 3 aromatic carbocycles. The lowest BCUT2D eigenvalue weighted by Crippen LogP contribution is -2.47. The molecule has 0 unspecified atom stereocenters. The molecule has 1 heterocycles. The molecular formula is C22H20N2O4. The molecule has 1 aliphatic rings. The summed E-state index contributed by atoms with van der Waals surface area (Å²) in [6.07, 6.45) is 0. The number of urea groups is 1. The summed E-state index contributed by atoms with van der Waals surface area (Å²) in [5.74, 6) is 0.408. The second-order valence-electron chi connectivity index (χ2n) is 7.18. The van der Waals surface area contributed by atoms with Crippen LogP contribution in [-0.2, 0) is 11.3 Å². The number of carbonyl (C=O) groups excluding carboxylic acids is 1. The number of hydrogen-bond donors (Lipinski definition) is 2. The van der Waals surface area contributed by atoms with E-state index in [2.05, 4.69) is 11.4 Å². The minimum absolute atomic E-state index is 0.122. The Morgan fingerprint density at radius 2 is 1.75 bits per heavy atom. The molecule has 2 amide bonds. The summed E-state index contributed by atoms with van der Waals surface area (Å²) in [6, 6.07) is 21.1. The first-order valence-corrected chi connectivity index (χ1v) is 8.99. The fourth-order valence-corrected chi connectivity index (χ4v) is 3.31. The number of carboxylic acids is 1. The lowest BCUT2D eigenvalue weighted by Gasteiger charge is -2.18. The smallest absolute Gasteiger partial charge is 0.331 e. The van der Waals surface area contributed by atoms with Gasteiger partial charge in [-0.3, -0.25) is 0 Å². The van der Waals surface area contributed by atoms with E-state index in [1.54, 1.807) is 0 Å². The maximum Gasteiger partial charge on any atom is 0.331 e. The Morgan fingerprint density at radius 1 is 1.07 bits per heavy atom. The topological polar surface area (TPSA) is 78.9 Å². The van der Waals surface area contributed by atoms with Gasteiger partial charge in [0.25, 0.3) is 0 Å². The van der Waals surface area contributed by atoms with Crippen molar-refractivity contribution in [2.75, 3.05) is 6.54 Å². The van der Waals surface area contributed by atoms with Crippen LogP contribution in [0.15, 0.2) is 66.7 Å². The van der Waals surface area contributed by atoms with Gasteiger partial charge in [0.05, 0.1) is 6.54 Å². The van der Waals surface area contributed by atoms with E-state index < -0.39 is 11.5 Å². The van der Waals surface area contributed by atoms with E-state index in [9.17, 15) is 14.7 Å². The van der Waals surface area contributed by atoms with Gasteiger partial charge in [0, 0.05) is 6.54 Å². The number of aliphatic carboxylic acids is 1. The number of nitrogens with zero attached hydrogens (tertiary/aromatic N) is 1.